The number of benzene rings is 1. The van der Waals surface area contributed by atoms with Crippen molar-refractivity contribution in [2.24, 2.45) is 0 Å². The number of hydrogen-bond acceptors (Lipinski definition) is 3. The van der Waals surface area contributed by atoms with Crippen LogP contribution >= 0.6 is 0 Å². The number of likely N-dealkylation sites (N-methyl/N-ethyl adjacent to an activating group) is 1. The molecular formula is C11H14N2O2. The second-order valence-electron chi connectivity index (χ2n) is 3.54. The number of aromatic carboxylic acids is 1. The summed E-state index contributed by atoms with van der Waals surface area (Å²) in [6.45, 7) is 4.88. The minimum Gasteiger partial charge on any atom is -0.478 e. The number of carboxylic acids is 1. The van der Waals surface area contributed by atoms with Gasteiger partial charge in [-0.15, -0.1) is 0 Å². The van der Waals surface area contributed by atoms with E-state index in [9.17, 15) is 4.79 Å². The third kappa shape index (κ3) is 1.75. The molecule has 0 atom stereocenters. The van der Waals surface area contributed by atoms with Crippen molar-refractivity contribution >= 4 is 17.3 Å². The van der Waals surface area contributed by atoms with E-state index in [1.54, 1.807) is 12.1 Å². The van der Waals surface area contributed by atoms with E-state index in [4.69, 9.17) is 5.11 Å². The number of nitrogens with one attached hydrogen (secondary N) is 1. The Hall–Kier alpha value is -1.71. The molecule has 0 radical (unpaired) electrons. The van der Waals surface area contributed by atoms with Crippen LogP contribution in [0.25, 0.3) is 0 Å². The molecule has 15 heavy (non-hydrogen) atoms. The molecule has 0 aromatic heterocycles. The Balaban J connectivity index is 2.40. The summed E-state index contributed by atoms with van der Waals surface area (Å²) in [5.74, 6) is -0.881. The van der Waals surface area contributed by atoms with Crippen LogP contribution in [0.3, 0.4) is 0 Å². The van der Waals surface area contributed by atoms with Gasteiger partial charge in [-0.05, 0) is 25.1 Å². The van der Waals surface area contributed by atoms with Gasteiger partial charge >= 0.3 is 5.97 Å². The smallest absolute Gasteiger partial charge is 0.335 e. The van der Waals surface area contributed by atoms with E-state index in [2.05, 4.69) is 17.1 Å². The number of carbonyl (C=O) groups is 1. The Morgan fingerprint density at radius 3 is 3.07 bits per heavy atom. The van der Waals surface area contributed by atoms with Gasteiger partial charge in [-0.2, -0.15) is 0 Å². The van der Waals surface area contributed by atoms with Gasteiger partial charge in [-0.1, -0.05) is 0 Å². The molecule has 0 amide bonds. The fourth-order valence-corrected chi connectivity index (χ4v) is 1.86. The second-order valence-corrected chi connectivity index (χ2v) is 3.54. The summed E-state index contributed by atoms with van der Waals surface area (Å²) < 4.78 is 0. The van der Waals surface area contributed by atoms with Gasteiger partial charge in [-0.3, -0.25) is 0 Å². The molecule has 1 aliphatic heterocycles. The van der Waals surface area contributed by atoms with Crippen LogP contribution in [-0.2, 0) is 0 Å². The SMILES string of the molecule is CCN1CCNc2cc(C(=O)O)ccc21. The van der Waals surface area contributed by atoms with E-state index in [-0.39, 0.29) is 0 Å². The lowest BCUT2D eigenvalue weighted by atomic mass is 10.1. The van der Waals surface area contributed by atoms with E-state index < -0.39 is 5.97 Å². The van der Waals surface area contributed by atoms with Gasteiger partial charge in [0.25, 0.3) is 0 Å². The molecule has 0 saturated carbocycles. The van der Waals surface area contributed by atoms with Crippen LogP contribution in [0.4, 0.5) is 11.4 Å². The number of fused-ring (bicyclic) bond motifs is 1. The number of rotatable bonds is 2. The highest BCUT2D eigenvalue weighted by Gasteiger charge is 2.16. The Morgan fingerprint density at radius 2 is 2.40 bits per heavy atom. The average molecular weight is 206 g/mol. The van der Waals surface area contributed by atoms with Gasteiger partial charge in [0, 0.05) is 19.6 Å². The van der Waals surface area contributed by atoms with Crippen LogP contribution in [0.2, 0.25) is 0 Å². The van der Waals surface area contributed by atoms with Crippen molar-refractivity contribution in [3.05, 3.63) is 23.8 Å². The molecule has 1 aromatic rings. The largest absolute Gasteiger partial charge is 0.478 e. The fraction of sp³-hybridized carbons (Fsp3) is 0.364. The predicted molar refractivity (Wildman–Crippen MR) is 59.8 cm³/mol. The average Bonchev–Trinajstić information content (AvgIpc) is 2.27. The van der Waals surface area contributed by atoms with E-state index in [0.29, 0.717) is 5.56 Å². The maximum Gasteiger partial charge on any atom is 0.335 e. The second kappa shape index (κ2) is 3.81. The van der Waals surface area contributed by atoms with Crippen molar-refractivity contribution in [3.8, 4) is 0 Å². The zero-order valence-corrected chi connectivity index (χ0v) is 8.66. The lowest BCUT2D eigenvalue weighted by Crippen LogP contribution is -2.33. The van der Waals surface area contributed by atoms with Crippen LogP contribution < -0.4 is 10.2 Å². The lowest BCUT2D eigenvalue weighted by molar-refractivity contribution is 0.0697. The first-order valence-corrected chi connectivity index (χ1v) is 5.08. The summed E-state index contributed by atoms with van der Waals surface area (Å²) in [5.41, 5.74) is 2.34. The molecule has 80 valence electrons. The molecule has 0 aliphatic carbocycles. The molecule has 1 heterocycles. The first kappa shape index (κ1) is 9.83. The molecule has 0 fully saturated rings. The molecular weight excluding hydrogens is 192 g/mol. The summed E-state index contributed by atoms with van der Waals surface area (Å²) in [6.07, 6.45) is 0. The van der Waals surface area contributed by atoms with Gasteiger partial charge in [0.1, 0.15) is 0 Å². The van der Waals surface area contributed by atoms with Gasteiger partial charge in [0.05, 0.1) is 16.9 Å². The third-order valence-corrected chi connectivity index (χ3v) is 2.66. The van der Waals surface area contributed by atoms with Crippen molar-refractivity contribution < 1.29 is 9.90 Å². The van der Waals surface area contributed by atoms with Crippen molar-refractivity contribution in [3.63, 3.8) is 0 Å². The predicted octanol–water partition coefficient (Wildman–Crippen LogP) is 1.64. The normalized spacial score (nSPS) is 14.3. The Bertz CT molecular complexity index is 390. The summed E-state index contributed by atoms with van der Waals surface area (Å²) >= 11 is 0. The molecule has 4 nitrogen and oxygen atoms in total. The Kier molecular flexibility index (Phi) is 2.49. The standard InChI is InChI=1S/C11H14N2O2/c1-2-13-6-5-12-9-7-8(11(14)15)3-4-10(9)13/h3-4,7,12H,2,5-6H2,1H3,(H,14,15). The van der Waals surface area contributed by atoms with Gasteiger partial charge in [-0.25, -0.2) is 4.79 Å². The highest BCUT2D eigenvalue weighted by molar-refractivity contribution is 5.91. The minimum absolute atomic E-state index is 0.333. The van der Waals surface area contributed by atoms with Crippen LogP contribution in [0, 0.1) is 0 Å². The highest BCUT2D eigenvalue weighted by Crippen LogP contribution is 2.29. The first-order valence-electron chi connectivity index (χ1n) is 5.08. The summed E-state index contributed by atoms with van der Waals surface area (Å²) in [5, 5.41) is 12.1. The lowest BCUT2D eigenvalue weighted by Gasteiger charge is -2.31. The molecule has 0 unspecified atom stereocenters. The molecule has 2 rings (SSSR count). The monoisotopic (exact) mass is 206 g/mol. The van der Waals surface area contributed by atoms with E-state index in [1.807, 2.05) is 6.07 Å². The molecule has 1 aromatic carbocycles. The van der Waals surface area contributed by atoms with Crippen LogP contribution in [0.1, 0.15) is 17.3 Å². The van der Waals surface area contributed by atoms with Crippen molar-refractivity contribution in [1.29, 1.82) is 0 Å². The minimum atomic E-state index is -0.881. The van der Waals surface area contributed by atoms with Gasteiger partial charge in [0.15, 0.2) is 0 Å². The zero-order valence-electron chi connectivity index (χ0n) is 8.66. The molecule has 2 N–H and O–H groups in total. The van der Waals surface area contributed by atoms with Crippen molar-refractivity contribution in [1.82, 2.24) is 0 Å². The number of hydrogen-bond donors (Lipinski definition) is 2. The summed E-state index contributed by atoms with van der Waals surface area (Å²) in [6, 6.07) is 5.21. The Morgan fingerprint density at radius 1 is 1.60 bits per heavy atom. The van der Waals surface area contributed by atoms with Crippen LogP contribution in [0.5, 0.6) is 0 Å². The van der Waals surface area contributed by atoms with E-state index >= 15 is 0 Å². The number of carboxylic acid groups (broad SMARTS) is 1. The fourth-order valence-electron chi connectivity index (χ4n) is 1.86. The Labute approximate surface area is 88.5 Å². The van der Waals surface area contributed by atoms with Crippen LogP contribution in [0.15, 0.2) is 18.2 Å². The topological polar surface area (TPSA) is 52.6 Å². The quantitative estimate of drug-likeness (QED) is 0.772. The number of anilines is 2. The summed E-state index contributed by atoms with van der Waals surface area (Å²) in [4.78, 5) is 13.0. The third-order valence-electron chi connectivity index (χ3n) is 2.66. The van der Waals surface area contributed by atoms with Crippen molar-refractivity contribution in [2.45, 2.75) is 6.92 Å². The molecule has 4 heteroatoms. The maximum atomic E-state index is 10.8. The molecule has 0 spiro atoms. The van der Waals surface area contributed by atoms with Gasteiger partial charge in [0.2, 0.25) is 0 Å². The highest BCUT2D eigenvalue weighted by atomic mass is 16.4. The van der Waals surface area contributed by atoms with E-state index in [0.717, 1.165) is 31.0 Å². The molecule has 1 aliphatic rings. The number of nitrogens with zero attached hydrogens (tertiary/aromatic N) is 1. The molecule has 0 saturated heterocycles. The first-order chi connectivity index (χ1) is 7.22. The summed E-state index contributed by atoms with van der Waals surface area (Å²) in [7, 11) is 0. The molecule has 0 bridgehead atoms. The zero-order chi connectivity index (χ0) is 10.8. The van der Waals surface area contributed by atoms with Crippen molar-refractivity contribution in [2.75, 3.05) is 29.9 Å². The maximum absolute atomic E-state index is 10.8. The van der Waals surface area contributed by atoms with Gasteiger partial charge < -0.3 is 15.3 Å². The van der Waals surface area contributed by atoms with Crippen LogP contribution in [-0.4, -0.2) is 30.7 Å². The van der Waals surface area contributed by atoms with E-state index in [1.165, 1.54) is 0 Å².